The van der Waals surface area contributed by atoms with E-state index >= 15 is 0 Å². The highest BCUT2D eigenvalue weighted by Gasteiger charge is 2.45. The van der Waals surface area contributed by atoms with Gasteiger partial charge in [-0.3, -0.25) is 4.79 Å². The van der Waals surface area contributed by atoms with Crippen molar-refractivity contribution in [3.05, 3.63) is 0 Å². The van der Waals surface area contributed by atoms with Gasteiger partial charge in [0.05, 0.1) is 11.5 Å². The van der Waals surface area contributed by atoms with Crippen LogP contribution in [0.3, 0.4) is 0 Å². The normalized spacial score (nSPS) is 32.9. The second-order valence-electron chi connectivity index (χ2n) is 4.98. The zero-order chi connectivity index (χ0) is 11.5. The third-order valence-electron chi connectivity index (χ3n) is 3.57. The minimum atomic E-state index is -0.944. The average molecular weight is 214 g/mol. The van der Waals surface area contributed by atoms with Gasteiger partial charge >= 0.3 is 5.97 Å². The van der Waals surface area contributed by atoms with Crippen molar-refractivity contribution < 1.29 is 15.0 Å². The number of rotatable bonds is 5. The monoisotopic (exact) mass is 214 g/mol. The van der Waals surface area contributed by atoms with E-state index in [2.05, 4.69) is 6.92 Å². The Bertz CT molecular complexity index is 227. The number of aliphatic carboxylic acids is 1. The van der Waals surface area contributed by atoms with Crippen molar-refractivity contribution in [2.45, 2.75) is 58.0 Å². The van der Waals surface area contributed by atoms with Crippen LogP contribution in [0.4, 0.5) is 0 Å². The zero-order valence-corrected chi connectivity index (χ0v) is 9.70. The smallest absolute Gasteiger partial charge is 0.309 e. The maximum absolute atomic E-state index is 11.1. The summed E-state index contributed by atoms with van der Waals surface area (Å²) in [6.07, 6.45) is 4.72. The summed E-state index contributed by atoms with van der Waals surface area (Å²) in [5.41, 5.74) is -0.944. The molecule has 0 aromatic rings. The fourth-order valence-corrected chi connectivity index (χ4v) is 2.65. The van der Waals surface area contributed by atoms with Gasteiger partial charge in [-0.15, -0.1) is 0 Å². The van der Waals surface area contributed by atoms with Gasteiger partial charge in [-0.1, -0.05) is 26.7 Å². The van der Waals surface area contributed by atoms with Gasteiger partial charge in [0, 0.05) is 0 Å². The van der Waals surface area contributed by atoms with Crippen molar-refractivity contribution in [3.63, 3.8) is 0 Å². The van der Waals surface area contributed by atoms with Crippen LogP contribution < -0.4 is 0 Å². The predicted molar refractivity (Wildman–Crippen MR) is 58.6 cm³/mol. The molecule has 3 unspecified atom stereocenters. The first-order valence-electron chi connectivity index (χ1n) is 5.94. The molecule has 15 heavy (non-hydrogen) atoms. The van der Waals surface area contributed by atoms with Crippen LogP contribution in [-0.4, -0.2) is 21.8 Å². The number of unbranched alkanes of at least 4 members (excludes halogenated alkanes) is 1. The molecular weight excluding hydrogens is 192 g/mol. The first-order valence-corrected chi connectivity index (χ1v) is 5.94. The molecule has 1 fully saturated rings. The van der Waals surface area contributed by atoms with Crippen molar-refractivity contribution in [3.8, 4) is 0 Å². The molecule has 3 atom stereocenters. The highest BCUT2D eigenvalue weighted by Crippen LogP contribution is 2.41. The summed E-state index contributed by atoms with van der Waals surface area (Å²) in [7, 11) is 0. The molecule has 0 aliphatic heterocycles. The number of carboxylic acids is 1. The van der Waals surface area contributed by atoms with Crippen LogP contribution in [0, 0.1) is 11.8 Å². The summed E-state index contributed by atoms with van der Waals surface area (Å²) in [4.78, 5) is 11.1. The van der Waals surface area contributed by atoms with Gasteiger partial charge in [0.1, 0.15) is 0 Å². The Morgan fingerprint density at radius 2 is 2.27 bits per heavy atom. The Labute approximate surface area is 91.5 Å². The highest BCUT2D eigenvalue weighted by atomic mass is 16.4. The Balaban J connectivity index is 2.66. The number of carboxylic acid groups (broad SMARTS) is 1. The van der Waals surface area contributed by atoms with Gasteiger partial charge in [0.25, 0.3) is 0 Å². The number of carbonyl (C=O) groups is 1. The summed E-state index contributed by atoms with van der Waals surface area (Å²) in [5.74, 6) is -0.944. The van der Waals surface area contributed by atoms with Crippen LogP contribution in [0.15, 0.2) is 0 Å². The molecule has 0 heterocycles. The van der Waals surface area contributed by atoms with Crippen molar-refractivity contribution >= 4 is 5.97 Å². The Kier molecular flexibility index (Phi) is 4.14. The van der Waals surface area contributed by atoms with E-state index in [-0.39, 0.29) is 0 Å². The van der Waals surface area contributed by atoms with E-state index < -0.39 is 17.5 Å². The second kappa shape index (κ2) is 4.97. The molecular formula is C12H22O3. The Morgan fingerprint density at radius 3 is 2.67 bits per heavy atom. The van der Waals surface area contributed by atoms with E-state index in [0.717, 1.165) is 19.3 Å². The van der Waals surface area contributed by atoms with Gasteiger partial charge in [-0.25, -0.2) is 0 Å². The van der Waals surface area contributed by atoms with Crippen molar-refractivity contribution in [1.82, 2.24) is 0 Å². The molecule has 1 aliphatic carbocycles. The maximum Gasteiger partial charge on any atom is 0.309 e. The molecule has 1 rings (SSSR count). The Morgan fingerprint density at radius 1 is 1.60 bits per heavy atom. The molecule has 0 amide bonds. The predicted octanol–water partition coefficient (Wildman–Crippen LogP) is 2.43. The van der Waals surface area contributed by atoms with E-state index in [1.165, 1.54) is 0 Å². The summed E-state index contributed by atoms with van der Waals surface area (Å²) in [5, 5.41) is 19.5. The first-order chi connectivity index (χ1) is 6.99. The van der Waals surface area contributed by atoms with E-state index in [1.807, 2.05) is 6.92 Å². The molecule has 0 spiro atoms. The molecule has 1 saturated carbocycles. The lowest BCUT2D eigenvalue weighted by Gasteiger charge is -2.29. The Hall–Kier alpha value is -0.570. The van der Waals surface area contributed by atoms with E-state index in [0.29, 0.717) is 25.2 Å². The minimum absolute atomic E-state index is 0.457. The highest BCUT2D eigenvalue weighted by molar-refractivity contribution is 5.71. The second-order valence-corrected chi connectivity index (χ2v) is 4.98. The molecule has 0 radical (unpaired) electrons. The van der Waals surface area contributed by atoms with E-state index in [1.54, 1.807) is 0 Å². The van der Waals surface area contributed by atoms with Gasteiger partial charge in [-0.05, 0) is 31.6 Å². The summed E-state index contributed by atoms with van der Waals surface area (Å²) >= 11 is 0. The molecule has 88 valence electrons. The standard InChI is InChI=1S/C12H22O3/c1-3-4-5-10(11(13)14)12(15)7-6-9(2)8-12/h9-10,15H,3-8H2,1-2H3,(H,13,14). The number of hydrogen-bond donors (Lipinski definition) is 2. The molecule has 3 heteroatoms. The molecule has 1 aliphatic rings. The van der Waals surface area contributed by atoms with Gasteiger partial charge in [0.2, 0.25) is 0 Å². The van der Waals surface area contributed by atoms with Gasteiger partial charge in [0.15, 0.2) is 0 Å². The van der Waals surface area contributed by atoms with Crippen LogP contribution in [0.1, 0.15) is 52.4 Å². The molecule has 0 saturated heterocycles. The minimum Gasteiger partial charge on any atom is -0.481 e. The first kappa shape index (κ1) is 12.5. The fraction of sp³-hybridized carbons (Fsp3) is 0.917. The van der Waals surface area contributed by atoms with Crippen LogP contribution in [0.25, 0.3) is 0 Å². The SMILES string of the molecule is CCCCC(C(=O)O)C1(O)CCC(C)C1. The van der Waals surface area contributed by atoms with Gasteiger partial charge in [-0.2, -0.15) is 0 Å². The number of aliphatic hydroxyl groups is 1. The van der Waals surface area contributed by atoms with Crippen molar-refractivity contribution in [1.29, 1.82) is 0 Å². The van der Waals surface area contributed by atoms with Crippen molar-refractivity contribution in [2.24, 2.45) is 11.8 Å². The lowest BCUT2D eigenvalue weighted by atomic mass is 9.82. The van der Waals surface area contributed by atoms with E-state index in [9.17, 15) is 9.90 Å². The fourth-order valence-electron chi connectivity index (χ4n) is 2.65. The number of hydrogen-bond acceptors (Lipinski definition) is 2. The lowest BCUT2D eigenvalue weighted by molar-refractivity contribution is -0.152. The van der Waals surface area contributed by atoms with Crippen LogP contribution in [-0.2, 0) is 4.79 Å². The van der Waals surface area contributed by atoms with Crippen molar-refractivity contribution in [2.75, 3.05) is 0 Å². The summed E-state index contributed by atoms with van der Waals surface area (Å²) in [6.45, 7) is 4.12. The molecule has 0 bridgehead atoms. The van der Waals surface area contributed by atoms with E-state index in [4.69, 9.17) is 5.11 Å². The quantitative estimate of drug-likeness (QED) is 0.739. The largest absolute Gasteiger partial charge is 0.481 e. The third kappa shape index (κ3) is 2.94. The molecule has 2 N–H and O–H groups in total. The zero-order valence-electron chi connectivity index (χ0n) is 9.70. The summed E-state index contributed by atoms with van der Waals surface area (Å²) < 4.78 is 0. The van der Waals surface area contributed by atoms with Crippen LogP contribution in [0.5, 0.6) is 0 Å². The topological polar surface area (TPSA) is 57.5 Å². The molecule has 0 aromatic heterocycles. The van der Waals surface area contributed by atoms with Crippen LogP contribution >= 0.6 is 0 Å². The lowest BCUT2D eigenvalue weighted by Crippen LogP contribution is -2.40. The maximum atomic E-state index is 11.1. The average Bonchev–Trinajstić information content (AvgIpc) is 2.47. The summed E-state index contributed by atoms with van der Waals surface area (Å²) in [6, 6.07) is 0. The third-order valence-corrected chi connectivity index (χ3v) is 3.57. The molecule has 3 nitrogen and oxygen atoms in total. The van der Waals surface area contributed by atoms with Crippen LogP contribution in [0.2, 0.25) is 0 Å². The molecule has 0 aromatic carbocycles. The van der Waals surface area contributed by atoms with Gasteiger partial charge < -0.3 is 10.2 Å².